The first-order valence-electron chi connectivity index (χ1n) is 2.72. The minimum atomic E-state index is 0.550. The van der Waals surface area contributed by atoms with Crippen LogP contribution in [-0.4, -0.2) is 6.29 Å². The van der Waals surface area contributed by atoms with Gasteiger partial charge in [0.15, 0.2) is 6.29 Å². The molecule has 1 aromatic carbocycles. The van der Waals surface area contributed by atoms with E-state index in [0.29, 0.717) is 15.4 Å². The van der Waals surface area contributed by atoms with Gasteiger partial charge in [0.05, 0.1) is 0 Å². The second kappa shape index (κ2) is 3.12. The van der Waals surface area contributed by atoms with Gasteiger partial charge in [-0.25, -0.2) is 0 Å². The van der Waals surface area contributed by atoms with Crippen LogP contribution >= 0.6 is 25.3 Å². The first-order chi connectivity index (χ1) is 4.75. The van der Waals surface area contributed by atoms with Gasteiger partial charge >= 0.3 is 0 Å². The summed E-state index contributed by atoms with van der Waals surface area (Å²) in [6.45, 7) is 0. The van der Waals surface area contributed by atoms with Crippen molar-refractivity contribution in [3.63, 3.8) is 0 Å². The van der Waals surface area contributed by atoms with Gasteiger partial charge in [-0.05, 0) is 12.1 Å². The Morgan fingerprint density at radius 3 is 2.00 bits per heavy atom. The van der Waals surface area contributed by atoms with E-state index in [2.05, 4.69) is 25.3 Å². The maximum Gasteiger partial charge on any atom is 0.152 e. The van der Waals surface area contributed by atoms with E-state index in [9.17, 15) is 4.79 Å². The van der Waals surface area contributed by atoms with Crippen LogP contribution in [0.5, 0.6) is 0 Å². The van der Waals surface area contributed by atoms with Crippen molar-refractivity contribution in [1.29, 1.82) is 0 Å². The summed E-state index contributed by atoms with van der Waals surface area (Å²) < 4.78 is 0. The highest BCUT2D eigenvalue weighted by Crippen LogP contribution is 2.18. The number of carbonyl (C=O) groups is 1. The van der Waals surface area contributed by atoms with E-state index in [-0.39, 0.29) is 0 Å². The summed E-state index contributed by atoms with van der Waals surface area (Å²) in [5.41, 5.74) is 0.550. The number of hydrogen-bond acceptors (Lipinski definition) is 3. The van der Waals surface area contributed by atoms with Crippen molar-refractivity contribution >= 4 is 31.5 Å². The maximum atomic E-state index is 10.4. The fourth-order valence-electron chi connectivity index (χ4n) is 0.662. The molecule has 1 nitrogen and oxygen atoms in total. The molecule has 0 spiro atoms. The Morgan fingerprint density at radius 1 is 1.20 bits per heavy atom. The molecule has 0 saturated carbocycles. The van der Waals surface area contributed by atoms with Crippen LogP contribution in [0.25, 0.3) is 0 Å². The molecule has 1 aromatic rings. The van der Waals surface area contributed by atoms with E-state index >= 15 is 0 Å². The molecule has 0 radical (unpaired) electrons. The fraction of sp³-hybridized carbons (Fsp3) is 0. The predicted octanol–water partition coefficient (Wildman–Crippen LogP) is 2.08. The normalized spacial score (nSPS) is 9.40. The number of aldehydes is 1. The van der Waals surface area contributed by atoms with E-state index in [1.807, 2.05) is 0 Å². The zero-order valence-electron chi connectivity index (χ0n) is 5.11. The van der Waals surface area contributed by atoms with E-state index in [0.717, 1.165) is 6.29 Å². The molecule has 1 rings (SSSR count). The van der Waals surface area contributed by atoms with Gasteiger partial charge in [0.1, 0.15) is 0 Å². The van der Waals surface area contributed by atoms with E-state index in [1.54, 1.807) is 18.2 Å². The molecule has 0 N–H and O–H groups in total. The molecule has 0 saturated heterocycles. The Morgan fingerprint density at radius 2 is 1.70 bits per heavy atom. The van der Waals surface area contributed by atoms with Gasteiger partial charge in [-0.15, -0.1) is 25.3 Å². The molecule has 10 heavy (non-hydrogen) atoms. The molecule has 0 fully saturated rings. The Labute approximate surface area is 70.3 Å². The first-order valence-corrected chi connectivity index (χ1v) is 3.61. The van der Waals surface area contributed by atoms with Gasteiger partial charge in [0, 0.05) is 15.4 Å². The molecular formula is C7H6OS2. The van der Waals surface area contributed by atoms with Gasteiger partial charge < -0.3 is 0 Å². The number of benzene rings is 1. The van der Waals surface area contributed by atoms with E-state index < -0.39 is 0 Å². The molecule has 0 heterocycles. The van der Waals surface area contributed by atoms with Crippen LogP contribution < -0.4 is 0 Å². The van der Waals surface area contributed by atoms with Crippen LogP contribution in [0.3, 0.4) is 0 Å². The second-order valence-corrected chi connectivity index (χ2v) is 2.79. The largest absolute Gasteiger partial charge is 0.298 e. The van der Waals surface area contributed by atoms with Gasteiger partial charge in [-0.3, -0.25) is 4.79 Å². The van der Waals surface area contributed by atoms with Gasteiger partial charge in [-0.1, -0.05) is 6.07 Å². The zero-order chi connectivity index (χ0) is 7.56. The van der Waals surface area contributed by atoms with Crippen LogP contribution in [0, 0.1) is 0 Å². The van der Waals surface area contributed by atoms with Crippen molar-refractivity contribution in [2.24, 2.45) is 0 Å². The molecule has 3 heteroatoms. The first kappa shape index (κ1) is 7.69. The predicted molar refractivity (Wildman–Crippen MR) is 46.3 cm³/mol. The summed E-state index contributed by atoms with van der Waals surface area (Å²) in [6.07, 6.45) is 0.755. The van der Waals surface area contributed by atoms with Crippen molar-refractivity contribution in [3.8, 4) is 0 Å². The lowest BCUT2D eigenvalue weighted by molar-refractivity contribution is 0.111. The molecular weight excluding hydrogens is 164 g/mol. The van der Waals surface area contributed by atoms with Crippen molar-refractivity contribution in [2.75, 3.05) is 0 Å². The van der Waals surface area contributed by atoms with Crippen LogP contribution in [0.4, 0.5) is 0 Å². The topological polar surface area (TPSA) is 17.1 Å². The van der Waals surface area contributed by atoms with E-state index in [4.69, 9.17) is 0 Å². The summed E-state index contributed by atoms with van der Waals surface area (Å²) >= 11 is 8.14. The number of hydrogen-bond donors (Lipinski definition) is 2. The number of carbonyl (C=O) groups excluding carboxylic acids is 1. The van der Waals surface area contributed by atoms with Gasteiger partial charge in [-0.2, -0.15) is 0 Å². The third-order valence-electron chi connectivity index (χ3n) is 1.18. The van der Waals surface area contributed by atoms with Gasteiger partial charge in [0.25, 0.3) is 0 Å². The van der Waals surface area contributed by atoms with Crippen molar-refractivity contribution < 1.29 is 4.79 Å². The number of rotatable bonds is 1. The molecule has 0 amide bonds. The van der Waals surface area contributed by atoms with Crippen molar-refractivity contribution in [3.05, 3.63) is 23.8 Å². The van der Waals surface area contributed by atoms with E-state index in [1.165, 1.54) is 0 Å². The zero-order valence-corrected chi connectivity index (χ0v) is 6.90. The molecule has 0 bridgehead atoms. The molecule has 0 aliphatic heterocycles. The van der Waals surface area contributed by atoms with Crippen LogP contribution in [-0.2, 0) is 0 Å². The SMILES string of the molecule is O=Cc1c(S)cccc1S. The quantitative estimate of drug-likeness (QED) is 0.487. The van der Waals surface area contributed by atoms with Crippen LogP contribution in [0.2, 0.25) is 0 Å². The standard InChI is InChI=1S/C7H6OS2/c8-4-5-6(9)2-1-3-7(5)10/h1-4,9-10H. The average Bonchev–Trinajstić information content (AvgIpc) is 1.88. The Balaban J connectivity index is 3.30. The fourth-order valence-corrected chi connectivity index (χ4v) is 1.27. The lowest BCUT2D eigenvalue weighted by Gasteiger charge is -1.98. The summed E-state index contributed by atoms with van der Waals surface area (Å²) in [4.78, 5) is 11.7. The molecule has 0 aliphatic carbocycles. The van der Waals surface area contributed by atoms with Crippen LogP contribution in [0.1, 0.15) is 10.4 Å². The minimum absolute atomic E-state index is 0.550. The van der Waals surface area contributed by atoms with Gasteiger partial charge in [0.2, 0.25) is 0 Å². The van der Waals surface area contributed by atoms with Crippen molar-refractivity contribution in [2.45, 2.75) is 9.79 Å². The average molecular weight is 170 g/mol. The van der Waals surface area contributed by atoms with Crippen molar-refractivity contribution in [1.82, 2.24) is 0 Å². The lowest BCUT2D eigenvalue weighted by atomic mass is 10.2. The lowest BCUT2D eigenvalue weighted by Crippen LogP contribution is -1.83. The number of thiol groups is 2. The minimum Gasteiger partial charge on any atom is -0.298 e. The highest BCUT2D eigenvalue weighted by molar-refractivity contribution is 7.81. The summed E-state index contributed by atoms with van der Waals surface area (Å²) in [5.74, 6) is 0. The Bertz CT molecular complexity index is 238. The Hall–Kier alpha value is -0.410. The molecule has 0 aromatic heterocycles. The third-order valence-corrected chi connectivity index (χ3v) is 1.96. The summed E-state index contributed by atoms with van der Waals surface area (Å²) in [5, 5.41) is 0. The summed E-state index contributed by atoms with van der Waals surface area (Å²) in [6, 6.07) is 5.32. The molecule has 0 unspecified atom stereocenters. The third kappa shape index (κ3) is 1.36. The molecule has 0 atom stereocenters. The molecule has 0 aliphatic rings. The summed E-state index contributed by atoms with van der Waals surface area (Å²) in [7, 11) is 0. The molecule has 52 valence electrons. The highest BCUT2D eigenvalue weighted by Gasteiger charge is 1.99. The highest BCUT2D eigenvalue weighted by atomic mass is 32.1. The maximum absolute atomic E-state index is 10.4. The monoisotopic (exact) mass is 170 g/mol. The van der Waals surface area contributed by atoms with Crippen LogP contribution in [0.15, 0.2) is 28.0 Å². The Kier molecular flexibility index (Phi) is 2.40. The smallest absolute Gasteiger partial charge is 0.152 e. The second-order valence-electron chi connectivity index (χ2n) is 1.83.